The zero-order chi connectivity index (χ0) is 23.1. The largest absolute Gasteiger partial charge is 0.352 e. The van der Waals surface area contributed by atoms with Crippen LogP contribution in [0.3, 0.4) is 0 Å². The van der Waals surface area contributed by atoms with Crippen LogP contribution in [0.1, 0.15) is 45.8 Å². The molecule has 1 N–H and O–H groups in total. The standard InChI is InChI=1S/C26H30N4O2/c1-18(2)17-30(4)26(32)23-14-21(20-7-5-19(3)6-8-20)13-22(15-23)25(31)29-10-9-24-16-27-11-12-28-24/h5-8,11-16,18H,9-10,17H2,1-4H3,(H,29,31). The molecule has 0 spiro atoms. The Labute approximate surface area is 189 Å². The molecule has 2 aromatic carbocycles. The number of nitrogens with one attached hydrogen (secondary N) is 1. The fourth-order valence-electron chi connectivity index (χ4n) is 3.51. The first-order valence-corrected chi connectivity index (χ1v) is 10.8. The van der Waals surface area contributed by atoms with Crippen LogP contribution in [-0.4, -0.2) is 46.8 Å². The molecule has 0 radical (unpaired) electrons. The number of rotatable bonds is 8. The van der Waals surface area contributed by atoms with Crippen molar-refractivity contribution in [3.05, 3.63) is 83.4 Å². The van der Waals surface area contributed by atoms with Gasteiger partial charge >= 0.3 is 0 Å². The summed E-state index contributed by atoms with van der Waals surface area (Å²) < 4.78 is 0. The third kappa shape index (κ3) is 6.23. The Morgan fingerprint density at radius 2 is 1.72 bits per heavy atom. The lowest BCUT2D eigenvalue weighted by molar-refractivity contribution is 0.0779. The van der Waals surface area contributed by atoms with Crippen LogP contribution in [0.4, 0.5) is 0 Å². The van der Waals surface area contributed by atoms with Gasteiger partial charge in [0.05, 0.1) is 5.69 Å². The van der Waals surface area contributed by atoms with Gasteiger partial charge in [-0.05, 0) is 42.2 Å². The van der Waals surface area contributed by atoms with Crippen LogP contribution in [0.25, 0.3) is 11.1 Å². The van der Waals surface area contributed by atoms with Crippen LogP contribution in [0.15, 0.2) is 61.1 Å². The van der Waals surface area contributed by atoms with Crippen LogP contribution >= 0.6 is 0 Å². The Kier molecular flexibility index (Phi) is 7.71. The minimum absolute atomic E-state index is 0.0960. The molecule has 3 rings (SSSR count). The Hall–Kier alpha value is -3.54. The first-order chi connectivity index (χ1) is 15.3. The average Bonchev–Trinajstić information content (AvgIpc) is 2.79. The van der Waals surface area contributed by atoms with Gasteiger partial charge in [-0.25, -0.2) is 0 Å². The molecule has 0 saturated heterocycles. The van der Waals surface area contributed by atoms with E-state index in [-0.39, 0.29) is 11.8 Å². The molecule has 1 aromatic heterocycles. The van der Waals surface area contributed by atoms with E-state index >= 15 is 0 Å². The second-order valence-corrected chi connectivity index (χ2v) is 8.45. The van der Waals surface area contributed by atoms with Gasteiger partial charge in [0, 0.05) is 56.3 Å². The summed E-state index contributed by atoms with van der Waals surface area (Å²) in [6.07, 6.45) is 5.52. The molecular formula is C26H30N4O2. The fourth-order valence-corrected chi connectivity index (χ4v) is 3.51. The predicted molar refractivity (Wildman–Crippen MR) is 126 cm³/mol. The summed E-state index contributed by atoms with van der Waals surface area (Å²) in [7, 11) is 1.79. The Bertz CT molecular complexity index is 1060. The molecule has 0 aliphatic carbocycles. The molecule has 6 nitrogen and oxygen atoms in total. The van der Waals surface area contributed by atoms with Crippen molar-refractivity contribution in [3.63, 3.8) is 0 Å². The van der Waals surface area contributed by atoms with Gasteiger partial charge in [-0.2, -0.15) is 0 Å². The summed E-state index contributed by atoms with van der Waals surface area (Å²) in [5, 5.41) is 2.93. The van der Waals surface area contributed by atoms with Crippen LogP contribution < -0.4 is 5.32 Å². The Morgan fingerprint density at radius 1 is 1.00 bits per heavy atom. The van der Waals surface area contributed by atoms with Crippen molar-refractivity contribution in [1.82, 2.24) is 20.2 Å². The van der Waals surface area contributed by atoms with Crippen molar-refractivity contribution < 1.29 is 9.59 Å². The molecule has 0 unspecified atom stereocenters. The summed E-state index contributed by atoms with van der Waals surface area (Å²) in [6.45, 7) is 7.25. The Morgan fingerprint density at radius 3 is 2.38 bits per heavy atom. The normalized spacial score (nSPS) is 10.8. The van der Waals surface area contributed by atoms with E-state index < -0.39 is 0 Å². The topological polar surface area (TPSA) is 75.2 Å². The fraction of sp³-hybridized carbons (Fsp3) is 0.308. The number of carbonyl (C=O) groups is 2. The molecule has 2 amide bonds. The highest BCUT2D eigenvalue weighted by atomic mass is 16.2. The van der Waals surface area contributed by atoms with Crippen molar-refractivity contribution in [2.24, 2.45) is 5.92 Å². The first kappa shape index (κ1) is 23.1. The van der Waals surface area contributed by atoms with Gasteiger partial charge in [-0.1, -0.05) is 43.7 Å². The molecule has 3 aromatic rings. The Balaban J connectivity index is 1.86. The molecule has 32 heavy (non-hydrogen) atoms. The van der Waals surface area contributed by atoms with Crippen LogP contribution in [-0.2, 0) is 6.42 Å². The summed E-state index contributed by atoms with van der Waals surface area (Å²) in [6, 6.07) is 13.4. The summed E-state index contributed by atoms with van der Waals surface area (Å²) >= 11 is 0. The minimum atomic E-state index is -0.219. The van der Waals surface area contributed by atoms with E-state index in [1.165, 1.54) is 0 Å². The summed E-state index contributed by atoms with van der Waals surface area (Å²) in [5.41, 5.74) is 4.74. The van der Waals surface area contributed by atoms with Crippen LogP contribution in [0.5, 0.6) is 0 Å². The summed E-state index contributed by atoms with van der Waals surface area (Å²) in [4.78, 5) is 36.0. The molecule has 0 bridgehead atoms. The van der Waals surface area contributed by atoms with Gasteiger partial charge in [-0.3, -0.25) is 19.6 Å². The van der Waals surface area contributed by atoms with Gasteiger partial charge in [-0.15, -0.1) is 0 Å². The molecule has 6 heteroatoms. The molecule has 0 fully saturated rings. The van der Waals surface area contributed by atoms with Crippen LogP contribution in [0, 0.1) is 12.8 Å². The number of nitrogens with zero attached hydrogens (tertiary/aromatic N) is 3. The predicted octanol–water partition coefficient (Wildman–Crippen LogP) is 4.15. The molecule has 1 heterocycles. The molecule has 0 aliphatic heterocycles. The van der Waals surface area contributed by atoms with Gasteiger partial charge in [0.2, 0.25) is 0 Å². The third-order valence-electron chi connectivity index (χ3n) is 5.10. The monoisotopic (exact) mass is 430 g/mol. The number of benzene rings is 2. The summed E-state index contributed by atoms with van der Waals surface area (Å²) in [5.74, 6) is 0.0396. The van der Waals surface area contributed by atoms with Crippen molar-refractivity contribution >= 4 is 11.8 Å². The lowest BCUT2D eigenvalue weighted by Crippen LogP contribution is -2.31. The number of aromatic nitrogens is 2. The van der Waals surface area contributed by atoms with Crippen molar-refractivity contribution in [3.8, 4) is 11.1 Å². The van der Waals surface area contributed by atoms with E-state index in [1.807, 2.05) is 43.3 Å². The minimum Gasteiger partial charge on any atom is -0.352 e. The smallest absolute Gasteiger partial charge is 0.253 e. The van der Waals surface area contributed by atoms with E-state index in [9.17, 15) is 9.59 Å². The van der Waals surface area contributed by atoms with E-state index in [1.54, 1.807) is 36.6 Å². The maximum Gasteiger partial charge on any atom is 0.253 e. The lowest BCUT2D eigenvalue weighted by Gasteiger charge is -2.20. The molecule has 0 aliphatic rings. The number of amides is 2. The van der Waals surface area contributed by atoms with E-state index in [0.717, 1.165) is 22.4 Å². The van der Waals surface area contributed by atoms with E-state index in [2.05, 4.69) is 29.1 Å². The number of hydrogen-bond donors (Lipinski definition) is 1. The van der Waals surface area contributed by atoms with Crippen LogP contribution in [0.2, 0.25) is 0 Å². The zero-order valence-corrected chi connectivity index (χ0v) is 19.1. The quantitative estimate of drug-likeness (QED) is 0.582. The zero-order valence-electron chi connectivity index (χ0n) is 19.1. The van der Waals surface area contributed by atoms with E-state index in [0.29, 0.717) is 36.6 Å². The molecule has 0 saturated carbocycles. The highest BCUT2D eigenvalue weighted by Crippen LogP contribution is 2.24. The van der Waals surface area contributed by atoms with Crippen molar-refractivity contribution in [1.29, 1.82) is 0 Å². The van der Waals surface area contributed by atoms with Gasteiger partial charge in [0.25, 0.3) is 11.8 Å². The molecule has 0 atom stereocenters. The average molecular weight is 431 g/mol. The highest BCUT2D eigenvalue weighted by molar-refractivity contribution is 6.01. The lowest BCUT2D eigenvalue weighted by atomic mass is 9.98. The number of carbonyl (C=O) groups excluding carboxylic acids is 2. The second kappa shape index (κ2) is 10.7. The van der Waals surface area contributed by atoms with Crippen molar-refractivity contribution in [2.75, 3.05) is 20.1 Å². The maximum absolute atomic E-state index is 13.1. The van der Waals surface area contributed by atoms with Gasteiger partial charge in [0.1, 0.15) is 0 Å². The molecule has 166 valence electrons. The highest BCUT2D eigenvalue weighted by Gasteiger charge is 2.17. The number of aryl methyl sites for hydroxylation is 1. The van der Waals surface area contributed by atoms with Gasteiger partial charge in [0.15, 0.2) is 0 Å². The maximum atomic E-state index is 13.1. The van der Waals surface area contributed by atoms with E-state index in [4.69, 9.17) is 0 Å². The molecular weight excluding hydrogens is 400 g/mol. The first-order valence-electron chi connectivity index (χ1n) is 10.8. The second-order valence-electron chi connectivity index (χ2n) is 8.45. The number of hydrogen-bond acceptors (Lipinski definition) is 4. The van der Waals surface area contributed by atoms with Crippen molar-refractivity contribution in [2.45, 2.75) is 27.2 Å². The SMILES string of the molecule is Cc1ccc(-c2cc(C(=O)NCCc3cnccn3)cc(C(=O)N(C)CC(C)C)c2)cc1. The van der Waals surface area contributed by atoms with Gasteiger partial charge < -0.3 is 10.2 Å². The third-order valence-corrected chi connectivity index (χ3v) is 5.10.